The Hall–Kier alpha value is -1.48. The minimum absolute atomic E-state index is 0.417. The summed E-state index contributed by atoms with van der Waals surface area (Å²) in [5.74, 6) is 1.19. The zero-order valence-electron chi connectivity index (χ0n) is 12.4. The smallest absolute Gasteiger partial charge is 0.179 e. The summed E-state index contributed by atoms with van der Waals surface area (Å²) in [7, 11) is 3.99. The number of rotatable bonds is 5. The number of nitriles is 1. The van der Waals surface area contributed by atoms with Gasteiger partial charge in [-0.2, -0.15) is 5.26 Å². The van der Waals surface area contributed by atoms with E-state index < -0.39 is 6.04 Å². The van der Waals surface area contributed by atoms with E-state index in [4.69, 9.17) is 21.1 Å². The van der Waals surface area contributed by atoms with Crippen LogP contribution < -0.4 is 14.8 Å². The third kappa shape index (κ3) is 4.24. The molecule has 0 aromatic heterocycles. The average Bonchev–Trinajstić information content (AvgIpc) is 2.69. The molecule has 1 unspecified atom stereocenters. The molecule has 1 aromatic carbocycles. The van der Waals surface area contributed by atoms with Gasteiger partial charge in [0.1, 0.15) is 6.04 Å². The first kappa shape index (κ1) is 15.9. The third-order valence-corrected chi connectivity index (χ3v) is 3.48. The minimum Gasteiger partial charge on any atom is -0.489 e. The predicted molar refractivity (Wildman–Crippen MR) is 82.0 cm³/mol. The van der Waals surface area contributed by atoms with Crippen LogP contribution in [0, 0.1) is 11.3 Å². The Labute approximate surface area is 130 Å². The van der Waals surface area contributed by atoms with Crippen LogP contribution in [0.1, 0.15) is 18.0 Å². The molecule has 5 nitrogen and oxygen atoms in total. The molecular weight excluding hydrogens is 290 g/mol. The van der Waals surface area contributed by atoms with E-state index in [1.165, 1.54) is 0 Å². The van der Waals surface area contributed by atoms with Crippen LogP contribution in [-0.4, -0.2) is 45.3 Å². The Morgan fingerprint density at radius 3 is 2.86 bits per heavy atom. The lowest BCUT2D eigenvalue weighted by Gasteiger charge is -2.17. The minimum atomic E-state index is -0.417. The quantitative estimate of drug-likeness (QED) is 0.904. The van der Waals surface area contributed by atoms with Crippen LogP contribution in [0.15, 0.2) is 12.1 Å². The van der Waals surface area contributed by atoms with Crippen molar-refractivity contribution in [3.05, 3.63) is 22.7 Å². The van der Waals surface area contributed by atoms with Crippen LogP contribution in [-0.2, 0) is 0 Å². The summed E-state index contributed by atoms with van der Waals surface area (Å²) in [6, 6.07) is 5.45. The molecule has 0 bridgehead atoms. The van der Waals surface area contributed by atoms with Gasteiger partial charge < -0.3 is 14.4 Å². The number of hydrogen-bond donors (Lipinski definition) is 1. The third-order valence-electron chi connectivity index (χ3n) is 3.19. The van der Waals surface area contributed by atoms with Crippen LogP contribution >= 0.6 is 11.6 Å². The number of hydrogen-bond acceptors (Lipinski definition) is 5. The zero-order valence-corrected chi connectivity index (χ0v) is 13.1. The molecule has 21 heavy (non-hydrogen) atoms. The first-order valence-electron chi connectivity index (χ1n) is 6.98. The summed E-state index contributed by atoms with van der Waals surface area (Å²) in [5, 5.41) is 13.0. The van der Waals surface area contributed by atoms with Gasteiger partial charge in [-0.15, -0.1) is 0 Å². The Bertz CT molecular complexity index is 528. The van der Waals surface area contributed by atoms with Crippen molar-refractivity contribution in [1.82, 2.24) is 10.2 Å². The molecule has 6 heteroatoms. The molecule has 1 aromatic rings. The highest BCUT2D eigenvalue weighted by Crippen LogP contribution is 2.39. The Morgan fingerprint density at radius 1 is 1.38 bits per heavy atom. The zero-order chi connectivity index (χ0) is 15.2. The van der Waals surface area contributed by atoms with Gasteiger partial charge in [0.15, 0.2) is 11.5 Å². The SMILES string of the molecule is CN(C)CCNC(C#N)c1cc(Cl)c2c(c1)OCCCO2. The fraction of sp³-hybridized carbons (Fsp3) is 0.533. The second-order valence-electron chi connectivity index (χ2n) is 5.20. The molecule has 2 rings (SSSR count). The van der Waals surface area contributed by atoms with Gasteiger partial charge in [0.05, 0.1) is 24.3 Å². The second-order valence-corrected chi connectivity index (χ2v) is 5.61. The van der Waals surface area contributed by atoms with Crippen LogP contribution in [0.2, 0.25) is 5.02 Å². The van der Waals surface area contributed by atoms with Crippen LogP contribution in [0.25, 0.3) is 0 Å². The molecule has 0 aliphatic carbocycles. The lowest BCUT2D eigenvalue weighted by atomic mass is 10.1. The number of benzene rings is 1. The van der Waals surface area contributed by atoms with Gasteiger partial charge in [0, 0.05) is 19.5 Å². The highest BCUT2D eigenvalue weighted by Gasteiger charge is 2.19. The van der Waals surface area contributed by atoms with E-state index in [1.54, 1.807) is 6.07 Å². The highest BCUT2D eigenvalue weighted by atomic mass is 35.5. The maximum Gasteiger partial charge on any atom is 0.179 e. The molecule has 0 amide bonds. The molecule has 1 N–H and O–H groups in total. The van der Waals surface area contributed by atoms with Crippen LogP contribution in [0.5, 0.6) is 11.5 Å². The van der Waals surface area contributed by atoms with Gasteiger partial charge in [-0.3, -0.25) is 5.32 Å². The molecule has 1 heterocycles. The van der Waals surface area contributed by atoms with Gasteiger partial charge in [-0.1, -0.05) is 11.6 Å². The summed E-state index contributed by atoms with van der Waals surface area (Å²) < 4.78 is 11.2. The molecular formula is C15H20ClN3O2. The van der Waals surface area contributed by atoms with Crippen LogP contribution in [0.3, 0.4) is 0 Å². The molecule has 114 valence electrons. The number of likely N-dealkylation sites (N-methyl/N-ethyl adjacent to an activating group) is 1. The van der Waals surface area contributed by atoms with Crippen molar-refractivity contribution in [1.29, 1.82) is 5.26 Å². The van der Waals surface area contributed by atoms with Gasteiger partial charge in [-0.25, -0.2) is 0 Å². The lowest BCUT2D eigenvalue weighted by molar-refractivity contribution is 0.297. The maximum atomic E-state index is 9.35. The highest BCUT2D eigenvalue weighted by molar-refractivity contribution is 6.32. The standard InChI is InChI=1S/C15H20ClN3O2/c1-19(2)5-4-18-13(10-17)11-8-12(16)15-14(9-11)20-6-3-7-21-15/h8-9,13,18H,3-7H2,1-2H3. The van der Waals surface area contributed by atoms with Crippen molar-refractivity contribution in [2.75, 3.05) is 40.4 Å². The number of ether oxygens (including phenoxy) is 2. The lowest BCUT2D eigenvalue weighted by Crippen LogP contribution is -2.29. The molecule has 0 saturated heterocycles. The number of nitrogens with one attached hydrogen (secondary N) is 1. The maximum absolute atomic E-state index is 9.35. The van der Waals surface area contributed by atoms with Crippen molar-refractivity contribution < 1.29 is 9.47 Å². The summed E-state index contributed by atoms with van der Waals surface area (Å²) in [4.78, 5) is 2.06. The van der Waals surface area contributed by atoms with E-state index in [0.717, 1.165) is 25.1 Å². The van der Waals surface area contributed by atoms with Gasteiger partial charge in [0.2, 0.25) is 0 Å². The topological polar surface area (TPSA) is 57.5 Å². The van der Waals surface area contributed by atoms with Crippen molar-refractivity contribution in [3.8, 4) is 17.6 Å². The normalized spacial score (nSPS) is 15.4. The number of nitrogens with zero attached hydrogens (tertiary/aromatic N) is 2. The molecule has 0 radical (unpaired) electrons. The van der Waals surface area contributed by atoms with Crippen molar-refractivity contribution in [2.45, 2.75) is 12.5 Å². The largest absolute Gasteiger partial charge is 0.489 e. The fourth-order valence-electron chi connectivity index (χ4n) is 2.09. The van der Waals surface area contributed by atoms with E-state index >= 15 is 0 Å². The van der Waals surface area contributed by atoms with E-state index in [2.05, 4.69) is 16.3 Å². The van der Waals surface area contributed by atoms with Gasteiger partial charge in [0.25, 0.3) is 0 Å². The first-order chi connectivity index (χ1) is 10.1. The number of halogens is 1. The molecule has 0 saturated carbocycles. The first-order valence-corrected chi connectivity index (χ1v) is 7.36. The predicted octanol–water partition coefficient (Wildman–Crippen LogP) is 2.22. The van der Waals surface area contributed by atoms with Crippen molar-refractivity contribution in [3.63, 3.8) is 0 Å². The molecule has 0 fully saturated rings. The summed E-state index contributed by atoms with van der Waals surface area (Å²) in [6.07, 6.45) is 0.823. The Kier molecular flexibility index (Phi) is 5.68. The van der Waals surface area contributed by atoms with E-state index in [1.807, 2.05) is 20.2 Å². The Morgan fingerprint density at radius 2 is 2.14 bits per heavy atom. The van der Waals surface area contributed by atoms with Crippen molar-refractivity contribution >= 4 is 11.6 Å². The molecule has 1 atom stereocenters. The summed E-state index contributed by atoms with van der Waals surface area (Å²) >= 11 is 6.25. The monoisotopic (exact) mass is 309 g/mol. The molecule has 1 aliphatic rings. The second kappa shape index (κ2) is 7.51. The molecule has 1 aliphatic heterocycles. The summed E-state index contributed by atoms with van der Waals surface area (Å²) in [5.41, 5.74) is 0.797. The van der Waals surface area contributed by atoms with E-state index in [9.17, 15) is 5.26 Å². The summed E-state index contributed by atoms with van der Waals surface area (Å²) in [6.45, 7) is 2.76. The average molecular weight is 310 g/mol. The van der Waals surface area contributed by atoms with Crippen LogP contribution in [0.4, 0.5) is 0 Å². The van der Waals surface area contributed by atoms with Gasteiger partial charge in [-0.05, 0) is 31.8 Å². The van der Waals surface area contributed by atoms with Gasteiger partial charge >= 0.3 is 0 Å². The Balaban J connectivity index is 2.16. The van der Waals surface area contributed by atoms with E-state index in [0.29, 0.717) is 29.7 Å². The number of fused-ring (bicyclic) bond motifs is 1. The molecule has 0 spiro atoms. The van der Waals surface area contributed by atoms with E-state index in [-0.39, 0.29) is 0 Å². The van der Waals surface area contributed by atoms with Crippen molar-refractivity contribution in [2.24, 2.45) is 0 Å². The fourth-order valence-corrected chi connectivity index (χ4v) is 2.36.